The van der Waals surface area contributed by atoms with E-state index < -0.39 is 29.2 Å². The van der Waals surface area contributed by atoms with Gasteiger partial charge in [0.15, 0.2) is 10.8 Å². The van der Waals surface area contributed by atoms with E-state index in [9.17, 15) is 24.3 Å². The van der Waals surface area contributed by atoms with Crippen molar-refractivity contribution in [3.63, 3.8) is 0 Å². The van der Waals surface area contributed by atoms with E-state index in [2.05, 4.69) is 25.8 Å². The Morgan fingerprint density at radius 3 is 2.95 bits per heavy atom. The number of aromatic nitrogens is 2. The van der Waals surface area contributed by atoms with Crippen LogP contribution in [0.3, 0.4) is 0 Å². The minimum absolute atomic E-state index is 0.0622. The van der Waals surface area contributed by atoms with Crippen molar-refractivity contribution in [2.45, 2.75) is 11.4 Å². The van der Waals surface area contributed by atoms with Gasteiger partial charge in [0.25, 0.3) is 11.8 Å². The number of hydrogen-bond acceptors (Lipinski definition) is 11. The number of amides is 3. The molecule has 0 aromatic carbocycles. The van der Waals surface area contributed by atoms with Crippen molar-refractivity contribution in [3.8, 4) is 0 Å². The van der Waals surface area contributed by atoms with E-state index in [1.165, 1.54) is 40.9 Å². The maximum Gasteiger partial charge on any atom is 0.352 e. The lowest BCUT2D eigenvalue weighted by Crippen LogP contribution is -2.71. The molecule has 4 rings (SSSR count). The molecule has 2 atom stereocenters. The van der Waals surface area contributed by atoms with Gasteiger partial charge >= 0.3 is 5.97 Å². The molecule has 37 heavy (non-hydrogen) atoms. The Balaban J connectivity index is 1.44. The number of thioether (sulfide) groups is 2. The highest BCUT2D eigenvalue weighted by molar-refractivity contribution is 8.02. The highest BCUT2D eigenvalue weighted by Crippen LogP contribution is 2.41. The first-order valence-corrected chi connectivity index (χ1v) is 13.6. The first-order valence-electron chi connectivity index (χ1n) is 10.6. The molecule has 1 fully saturated rings. The Labute approximate surface area is 223 Å². The van der Waals surface area contributed by atoms with Crippen molar-refractivity contribution in [2.24, 2.45) is 5.16 Å². The Kier molecular flexibility index (Phi) is 8.58. The molecule has 2 aromatic heterocycles. The van der Waals surface area contributed by atoms with Crippen molar-refractivity contribution in [2.75, 3.05) is 23.9 Å². The summed E-state index contributed by atoms with van der Waals surface area (Å²) >= 11 is 3.85. The van der Waals surface area contributed by atoms with Crippen LogP contribution in [0.4, 0.5) is 5.13 Å². The van der Waals surface area contributed by atoms with Gasteiger partial charge in [-0.05, 0) is 29.2 Å². The lowest BCUT2D eigenvalue weighted by atomic mass is 10.0. The minimum Gasteiger partial charge on any atom is -0.477 e. The molecule has 12 nitrogen and oxygen atoms in total. The van der Waals surface area contributed by atoms with Crippen LogP contribution in [0.25, 0.3) is 6.08 Å². The van der Waals surface area contributed by atoms with E-state index in [0.29, 0.717) is 23.5 Å². The van der Waals surface area contributed by atoms with Gasteiger partial charge in [0.2, 0.25) is 6.41 Å². The molecule has 3 amide bonds. The highest BCUT2D eigenvalue weighted by Gasteiger charge is 2.54. The maximum absolute atomic E-state index is 13.0. The van der Waals surface area contributed by atoms with Crippen LogP contribution in [-0.2, 0) is 24.0 Å². The lowest BCUT2D eigenvalue weighted by Gasteiger charge is -2.49. The summed E-state index contributed by atoms with van der Waals surface area (Å²) in [4.78, 5) is 62.8. The van der Waals surface area contributed by atoms with Gasteiger partial charge in [-0.2, -0.15) is 0 Å². The number of hydrogen-bond donors (Lipinski definition) is 3. The van der Waals surface area contributed by atoms with Crippen molar-refractivity contribution >= 4 is 76.0 Å². The minimum atomic E-state index is -1.20. The number of nitrogens with one attached hydrogen (secondary N) is 2. The molecule has 2 aliphatic heterocycles. The molecule has 1 unspecified atom stereocenters. The first-order chi connectivity index (χ1) is 17.9. The number of carbonyl (C=O) groups excluding carboxylic acids is 3. The molecular formula is C22H20N6O6S3. The fourth-order valence-electron chi connectivity index (χ4n) is 3.54. The third kappa shape index (κ3) is 5.84. The molecule has 192 valence electrons. The monoisotopic (exact) mass is 560 g/mol. The standard InChI is InChI=1S/C22H20N6O6S3/c1-34-27-15(14-10-37-22(25-14)24-11-29)18(30)26-16-19(31)28-17(21(32)33)12(9-36-20(16)28)8-35-7-5-13-4-2-3-6-23-13/h2-7,10-11,16,20H,8-9H2,1H3,(H,26,30)(H,32,33)(H,24,25,29)/b7-5-,27-15?/t16?,20-/m0/s1. The summed E-state index contributed by atoms with van der Waals surface area (Å²) in [5, 5.41) is 21.6. The van der Waals surface area contributed by atoms with Gasteiger partial charge in [0, 0.05) is 23.1 Å². The number of carboxylic acid groups (broad SMARTS) is 1. The molecule has 0 aliphatic carbocycles. The molecule has 0 saturated carbocycles. The fourth-order valence-corrected chi connectivity index (χ4v) is 6.44. The number of rotatable bonds is 11. The second-order valence-corrected chi connectivity index (χ2v) is 10.3. The number of carbonyl (C=O) groups is 4. The molecule has 2 aromatic rings. The molecular weight excluding hydrogens is 540 g/mol. The number of β-lactam (4-membered cyclic amide) rings is 1. The number of thiazole rings is 1. The predicted molar refractivity (Wildman–Crippen MR) is 141 cm³/mol. The summed E-state index contributed by atoms with van der Waals surface area (Å²) in [5.74, 6) is -1.68. The van der Waals surface area contributed by atoms with E-state index >= 15 is 0 Å². The maximum atomic E-state index is 13.0. The number of anilines is 1. The quantitative estimate of drug-likeness (QED) is 0.159. The van der Waals surface area contributed by atoms with Crippen LogP contribution < -0.4 is 10.6 Å². The summed E-state index contributed by atoms with van der Waals surface area (Å²) in [7, 11) is 1.26. The molecule has 2 aliphatic rings. The van der Waals surface area contributed by atoms with Gasteiger partial charge < -0.3 is 20.6 Å². The number of pyridine rings is 1. The number of nitrogens with zero attached hydrogens (tertiary/aromatic N) is 4. The topological polar surface area (TPSA) is 163 Å². The number of fused-ring (bicyclic) bond motifs is 1. The van der Waals surface area contributed by atoms with E-state index in [4.69, 9.17) is 4.84 Å². The van der Waals surface area contributed by atoms with Crippen LogP contribution >= 0.6 is 34.9 Å². The fraction of sp³-hybridized carbons (Fsp3) is 0.227. The summed E-state index contributed by atoms with van der Waals surface area (Å²) in [6, 6.07) is 4.59. The zero-order chi connectivity index (χ0) is 26.4. The smallest absolute Gasteiger partial charge is 0.352 e. The second kappa shape index (κ2) is 12.0. The van der Waals surface area contributed by atoms with Crippen molar-refractivity contribution < 1.29 is 29.1 Å². The van der Waals surface area contributed by atoms with Crippen molar-refractivity contribution in [1.29, 1.82) is 0 Å². The molecule has 4 heterocycles. The van der Waals surface area contributed by atoms with E-state index in [0.717, 1.165) is 17.0 Å². The Morgan fingerprint density at radius 2 is 2.24 bits per heavy atom. The normalized spacial score (nSPS) is 19.3. The average molecular weight is 561 g/mol. The third-order valence-corrected chi connectivity index (χ3v) is 8.10. The average Bonchev–Trinajstić information content (AvgIpc) is 3.36. The van der Waals surface area contributed by atoms with Crippen LogP contribution in [0.5, 0.6) is 0 Å². The SMILES string of the molecule is CON=C(C(=O)NC1C(=O)N2C(C(=O)O)=C(CS/C=C\c3ccccn3)CS[C@@H]12)c1csc(NC=O)n1. The third-order valence-electron chi connectivity index (χ3n) is 5.14. The molecule has 0 bridgehead atoms. The second-order valence-electron chi connectivity index (χ2n) is 7.41. The summed E-state index contributed by atoms with van der Waals surface area (Å²) in [6.45, 7) is 0. The van der Waals surface area contributed by atoms with Crippen molar-refractivity contribution in [1.82, 2.24) is 20.2 Å². The van der Waals surface area contributed by atoms with Gasteiger partial charge in [-0.3, -0.25) is 24.3 Å². The van der Waals surface area contributed by atoms with Gasteiger partial charge in [-0.15, -0.1) is 34.9 Å². The van der Waals surface area contributed by atoms with E-state index in [1.807, 2.05) is 29.7 Å². The molecule has 3 N–H and O–H groups in total. The van der Waals surface area contributed by atoms with Crippen LogP contribution in [0.1, 0.15) is 11.4 Å². The van der Waals surface area contributed by atoms with E-state index in [1.54, 1.807) is 6.20 Å². The molecule has 0 radical (unpaired) electrons. The highest BCUT2D eigenvalue weighted by atomic mass is 32.2. The summed E-state index contributed by atoms with van der Waals surface area (Å²) in [5.41, 5.74) is 1.30. The zero-order valence-corrected chi connectivity index (χ0v) is 21.6. The van der Waals surface area contributed by atoms with Gasteiger partial charge in [-0.25, -0.2) is 9.78 Å². The number of aliphatic carboxylic acids is 1. The van der Waals surface area contributed by atoms with Crippen LogP contribution in [0.15, 0.2) is 51.6 Å². The Morgan fingerprint density at radius 1 is 1.41 bits per heavy atom. The summed E-state index contributed by atoms with van der Waals surface area (Å²) in [6.07, 6.45) is 3.96. The van der Waals surface area contributed by atoms with Crippen molar-refractivity contribution in [3.05, 3.63) is 57.8 Å². The lowest BCUT2D eigenvalue weighted by molar-refractivity contribution is -0.150. The summed E-state index contributed by atoms with van der Waals surface area (Å²) < 4.78 is 0. The van der Waals surface area contributed by atoms with Crippen LogP contribution in [0.2, 0.25) is 0 Å². The molecule has 15 heteroatoms. The van der Waals surface area contributed by atoms with E-state index in [-0.39, 0.29) is 22.2 Å². The zero-order valence-electron chi connectivity index (χ0n) is 19.2. The van der Waals surface area contributed by atoms with Gasteiger partial charge in [0.05, 0.1) is 5.69 Å². The Bertz CT molecular complexity index is 1290. The molecule has 1 saturated heterocycles. The first kappa shape index (κ1) is 26.4. The van der Waals surface area contributed by atoms with Crippen LogP contribution in [0, 0.1) is 0 Å². The predicted octanol–water partition coefficient (Wildman–Crippen LogP) is 1.60. The largest absolute Gasteiger partial charge is 0.477 e. The number of oxime groups is 1. The van der Waals surface area contributed by atoms with Crippen LogP contribution in [-0.4, -0.2) is 79.9 Å². The van der Waals surface area contributed by atoms with Gasteiger partial charge in [0.1, 0.15) is 29.9 Å². The Hall–Kier alpha value is -3.69. The molecule has 0 spiro atoms. The number of carboxylic acids is 1. The van der Waals surface area contributed by atoms with Gasteiger partial charge in [-0.1, -0.05) is 11.2 Å².